The molecule has 2 amide bonds. The number of fused-ring (bicyclic) bond motifs is 4. The van der Waals surface area contributed by atoms with Crippen molar-refractivity contribution in [2.24, 2.45) is 0 Å². The van der Waals surface area contributed by atoms with E-state index in [0.717, 1.165) is 12.0 Å². The number of aromatic nitrogens is 3. The molecule has 1 unspecified atom stereocenters. The van der Waals surface area contributed by atoms with Gasteiger partial charge in [0.15, 0.2) is 0 Å². The van der Waals surface area contributed by atoms with Gasteiger partial charge >= 0.3 is 6.03 Å². The van der Waals surface area contributed by atoms with E-state index in [1.165, 1.54) is 30.5 Å². The number of hydrogen-bond donors (Lipinski definition) is 2. The molecule has 2 aliphatic heterocycles. The fourth-order valence-corrected chi connectivity index (χ4v) is 5.60. The average Bonchev–Trinajstić information content (AvgIpc) is 3.15. The molecular formula is C25H21ClF3N5O3. The lowest BCUT2D eigenvalue weighted by Gasteiger charge is -2.35. The van der Waals surface area contributed by atoms with Crippen molar-refractivity contribution in [1.29, 1.82) is 0 Å². The van der Waals surface area contributed by atoms with Crippen LogP contribution in [0.4, 0.5) is 23.7 Å². The molecule has 1 saturated heterocycles. The van der Waals surface area contributed by atoms with Crippen LogP contribution in [0.3, 0.4) is 0 Å². The second kappa shape index (κ2) is 8.76. The predicted octanol–water partition coefficient (Wildman–Crippen LogP) is 5.09. The summed E-state index contributed by atoms with van der Waals surface area (Å²) in [5.41, 5.74) is 1.98. The molecule has 37 heavy (non-hydrogen) atoms. The van der Waals surface area contributed by atoms with Gasteiger partial charge in [-0.15, -0.1) is 0 Å². The predicted molar refractivity (Wildman–Crippen MR) is 128 cm³/mol. The van der Waals surface area contributed by atoms with Gasteiger partial charge in [-0.25, -0.2) is 28.0 Å². The van der Waals surface area contributed by atoms with Crippen LogP contribution >= 0.6 is 11.6 Å². The minimum atomic E-state index is -2.69. The summed E-state index contributed by atoms with van der Waals surface area (Å²) in [7, 11) is 0. The number of H-pyrrole nitrogens is 1. The Labute approximate surface area is 213 Å². The maximum atomic E-state index is 15.1. The molecule has 1 saturated carbocycles. The number of amides is 2. The van der Waals surface area contributed by atoms with Gasteiger partial charge in [0.05, 0.1) is 22.4 Å². The van der Waals surface area contributed by atoms with Gasteiger partial charge < -0.3 is 15.0 Å². The quantitative estimate of drug-likeness (QED) is 0.488. The number of nitrogens with zero attached hydrogens (tertiary/aromatic N) is 3. The van der Waals surface area contributed by atoms with Crippen molar-refractivity contribution < 1.29 is 22.7 Å². The van der Waals surface area contributed by atoms with Crippen LogP contribution in [-0.4, -0.2) is 44.2 Å². The molecule has 12 heteroatoms. The molecule has 3 aromatic rings. The number of nitrogens with one attached hydrogen (secondary N) is 2. The summed E-state index contributed by atoms with van der Waals surface area (Å²) in [4.78, 5) is 30.6. The van der Waals surface area contributed by atoms with Gasteiger partial charge in [0, 0.05) is 48.3 Å². The van der Waals surface area contributed by atoms with Crippen LogP contribution in [0.5, 0.6) is 5.88 Å². The van der Waals surface area contributed by atoms with Crippen molar-refractivity contribution in [1.82, 2.24) is 20.1 Å². The van der Waals surface area contributed by atoms with Crippen molar-refractivity contribution >= 4 is 23.3 Å². The van der Waals surface area contributed by atoms with Crippen molar-refractivity contribution in [2.75, 3.05) is 5.32 Å². The zero-order valence-electron chi connectivity index (χ0n) is 19.3. The minimum Gasteiger partial charge on any atom is -0.474 e. The second-order valence-electron chi connectivity index (χ2n) is 9.63. The smallest absolute Gasteiger partial charge is 0.322 e. The molecule has 2 N–H and O–H groups in total. The van der Waals surface area contributed by atoms with Crippen LogP contribution in [-0.2, 0) is 6.42 Å². The zero-order chi connectivity index (χ0) is 25.9. The summed E-state index contributed by atoms with van der Waals surface area (Å²) >= 11 is 6.43. The Morgan fingerprint density at radius 3 is 2.76 bits per heavy atom. The van der Waals surface area contributed by atoms with E-state index in [4.69, 9.17) is 16.3 Å². The molecule has 0 radical (unpaired) electrons. The third-order valence-corrected chi connectivity index (χ3v) is 7.43. The lowest BCUT2D eigenvalue weighted by atomic mass is 9.91. The summed E-state index contributed by atoms with van der Waals surface area (Å²) < 4.78 is 46.5. The lowest BCUT2D eigenvalue weighted by molar-refractivity contribution is -0.135. The fourth-order valence-electron chi connectivity index (χ4n) is 5.33. The van der Waals surface area contributed by atoms with E-state index in [2.05, 4.69) is 20.5 Å². The maximum absolute atomic E-state index is 15.1. The van der Waals surface area contributed by atoms with Gasteiger partial charge in [0.25, 0.3) is 11.5 Å². The number of pyridine rings is 1. The largest absolute Gasteiger partial charge is 0.474 e. The van der Waals surface area contributed by atoms with E-state index >= 15 is 4.39 Å². The number of carbonyl (C=O) groups excluding carboxylic acids is 1. The number of halogens is 4. The van der Waals surface area contributed by atoms with Crippen LogP contribution in [0, 0.1) is 5.82 Å². The molecule has 192 valence electrons. The zero-order valence-corrected chi connectivity index (χ0v) is 20.1. The SMILES string of the molecule is O=C(Nc1cc(Cl)c(-c2ccc(OC3CC(F)(F)C3)nc2)cc1F)N1C2CC[C@H]1Cc1cc(=O)[nH]nc12. The molecule has 4 heterocycles. The Morgan fingerprint density at radius 2 is 2.03 bits per heavy atom. The topological polar surface area (TPSA) is 100 Å². The summed E-state index contributed by atoms with van der Waals surface area (Å²) in [6, 6.07) is 6.28. The lowest BCUT2D eigenvalue weighted by Crippen LogP contribution is -2.45. The van der Waals surface area contributed by atoms with Crippen molar-refractivity contribution in [3.05, 3.63) is 69.0 Å². The normalized spacial score (nSPS) is 21.8. The first-order valence-corrected chi connectivity index (χ1v) is 12.2. The number of urea groups is 1. The van der Waals surface area contributed by atoms with E-state index in [9.17, 15) is 18.4 Å². The van der Waals surface area contributed by atoms with Gasteiger partial charge in [-0.1, -0.05) is 11.6 Å². The first-order valence-electron chi connectivity index (χ1n) is 11.8. The Hall–Kier alpha value is -3.60. The number of benzene rings is 1. The van der Waals surface area contributed by atoms with Crippen LogP contribution in [0.25, 0.3) is 11.1 Å². The van der Waals surface area contributed by atoms with E-state index in [0.29, 0.717) is 29.7 Å². The van der Waals surface area contributed by atoms with Crippen molar-refractivity contribution in [2.45, 2.75) is 56.2 Å². The first kappa shape index (κ1) is 23.8. The number of hydrogen-bond acceptors (Lipinski definition) is 5. The van der Waals surface area contributed by atoms with Crippen LogP contribution in [0.2, 0.25) is 5.02 Å². The summed E-state index contributed by atoms with van der Waals surface area (Å²) in [6.45, 7) is 0. The molecule has 6 rings (SSSR count). The monoisotopic (exact) mass is 531 g/mol. The van der Waals surface area contributed by atoms with Gasteiger partial charge in [0.1, 0.15) is 11.9 Å². The van der Waals surface area contributed by atoms with Crippen LogP contribution in [0.15, 0.2) is 41.3 Å². The number of carbonyl (C=O) groups is 1. The summed E-state index contributed by atoms with van der Waals surface area (Å²) in [5, 5.41) is 9.39. The Bertz CT molecular complexity index is 1440. The summed E-state index contributed by atoms with van der Waals surface area (Å²) in [5.74, 6) is -3.18. The van der Waals surface area contributed by atoms with E-state index in [1.54, 1.807) is 11.0 Å². The number of ether oxygens (including phenoxy) is 1. The maximum Gasteiger partial charge on any atom is 0.322 e. The van der Waals surface area contributed by atoms with Gasteiger partial charge in [-0.2, -0.15) is 5.10 Å². The molecule has 1 aromatic carbocycles. The van der Waals surface area contributed by atoms with Crippen molar-refractivity contribution in [3.63, 3.8) is 0 Å². The molecule has 2 aromatic heterocycles. The highest BCUT2D eigenvalue weighted by atomic mass is 35.5. The van der Waals surface area contributed by atoms with E-state index in [1.807, 2.05) is 0 Å². The van der Waals surface area contributed by atoms with Gasteiger partial charge in [-0.3, -0.25) is 4.79 Å². The Morgan fingerprint density at radius 1 is 1.22 bits per heavy atom. The molecule has 2 fully saturated rings. The molecule has 2 atom stereocenters. The Kier molecular flexibility index (Phi) is 5.63. The molecular weight excluding hydrogens is 511 g/mol. The third kappa shape index (κ3) is 4.41. The highest BCUT2D eigenvalue weighted by molar-refractivity contribution is 6.33. The second-order valence-corrected chi connectivity index (χ2v) is 10.0. The number of alkyl halides is 2. The summed E-state index contributed by atoms with van der Waals surface area (Å²) in [6.07, 6.45) is 2.10. The van der Waals surface area contributed by atoms with Gasteiger partial charge in [0.2, 0.25) is 5.88 Å². The number of rotatable bonds is 4. The Balaban J connectivity index is 1.17. The number of aromatic amines is 1. The van der Waals surface area contributed by atoms with Crippen molar-refractivity contribution in [3.8, 4) is 17.0 Å². The fraction of sp³-hybridized carbons (Fsp3) is 0.360. The molecule has 0 spiro atoms. The standard InChI is InChI=1S/C25H21ClF3N5O3/c26-17-8-19(31-24(36)34-14-2-3-20(34)23-13(5-14)6-21(35)32-33-23)18(27)7-16(17)12-1-4-22(30-11-12)37-15-9-25(28,29)10-15/h1,4,6-8,11,14-15,20H,2-3,5,9-10H2,(H,31,36)(H,32,35)/t14-,20?/m0/s1. The van der Waals surface area contributed by atoms with Crippen LogP contribution < -0.4 is 15.6 Å². The molecule has 1 aliphatic carbocycles. The molecule has 2 bridgehead atoms. The van der Waals surface area contributed by atoms with E-state index in [-0.39, 0.29) is 47.1 Å². The molecule has 3 aliphatic rings. The first-order chi connectivity index (χ1) is 17.7. The highest BCUT2D eigenvalue weighted by Gasteiger charge is 2.47. The average molecular weight is 532 g/mol. The van der Waals surface area contributed by atoms with Gasteiger partial charge in [-0.05, 0) is 43.0 Å². The highest BCUT2D eigenvalue weighted by Crippen LogP contribution is 2.43. The van der Waals surface area contributed by atoms with Crippen LogP contribution in [0.1, 0.15) is 43.0 Å². The molecule has 8 nitrogen and oxygen atoms in total. The number of anilines is 1. The van der Waals surface area contributed by atoms with E-state index < -0.39 is 23.9 Å². The third-order valence-electron chi connectivity index (χ3n) is 7.11. The minimum absolute atomic E-state index is 0.0720.